The Kier molecular flexibility index (Phi) is 4.48. The van der Waals surface area contributed by atoms with E-state index in [-0.39, 0.29) is 0 Å². The van der Waals surface area contributed by atoms with Gasteiger partial charge in [-0.25, -0.2) is 15.8 Å². The van der Waals surface area contributed by atoms with Gasteiger partial charge in [0, 0.05) is 20.1 Å². The molecule has 0 aliphatic carbocycles. The van der Waals surface area contributed by atoms with Gasteiger partial charge in [0.1, 0.15) is 5.82 Å². The number of nitrogens with zero attached hydrogens (tertiary/aromatic N) is 6. The van der Waals surface area contributed by atoms with E-state index in [4.69, 9.17) is 5.84 Å². The summed E-state index contributed by atoms with van der Waals surface area (Å²) in [4.78, 5) is 13.3. The lowest BCUT2D eigenvalue weighted by Crippen LogP contribution is -2.29. The minimum Gasteiger partial charge on any atom is -0.308 e. The summed E-state index contributed by atoms with van der Waals surface area (Å²) in [5.74, 6) is 6.87. The standard InChI is InChI=1S/C12H22N8/c1-18(2)5-6-19(3)8-10-15-11(17-13)9-7-14-20(4)12(9)16-10/h7H,5-6,8,13H2,1-4H3,(H,15,16,17). The Balaban J connectivity index is 2.19. The highest BCUT2D eigenvalue weighted by Crippen LogP contribution is 2.18. The Labute approximate surface area is 118 Å². The molecule has 8 heteroatoms. The van der Waals surface area contributed by atoms with E-state index >= 15 is 0 Å². The van der Waals surface area contributed by atoms with Crippen molar-refractivity contribution < 1.29 is 0 Å². The fourth-order valence-corrected chi connectivity index (χ4v) is 1.94. The molecular weight excluding hydrogens is 256 g/mol. The first-order chi connectivity index (χ1) is 9.51. The SMILES string of the molecule is CN(C)CCN(C)Cc1nc(NN)c2cnn(C)c2n1. The van der Waals surface area contributed by atoms with Crippen molar-refractivity contribution in [3.8, 4) is 0 Å². The maximum atomic E-state index is 5.53. The second-order valence-corrected chi connectivity index (χ2v) is 5.18. The van der Waals surface area contributed by atoms with Gasteiger partial charge < -0.3 is 10.3 Å². The van der Waals surface area contributed by atoms with Gasteiger partial charge in [0.15, 0.2) is 11.5 Å². The fraction of sp³-hybridized carbons (Fsp3) is 0.583. The number of aromatic nitrogens is 4. The summed E-state index contributed by atoms with van der Waals surface area (Å²) in [6.45, 7) is 2.61. The Morgan fingerprint density at radius 3 is 2.65 bits per heavy atom. The van der Waals surface area contributed by atoms with Crippen LogP contribution in [0, 0.1) is 0 Å². The molecule has 0 aliphatic heterocycles. The minimum absolute atomic E-state index is 0.610. The lowest BCUT2D eigenvalue weighted by molar-refractivity contribution is 0.271. The first-order valence-electron chi connectivity index (χ1n) is 6.49. The quantitative estimate of drug-likeness (QED) is 0.551. The van der Waals surface area contributed by atoms with Crippen LogP contribution in [0.4, 0.5) is 5.82 Å². The molecule has 110 valence electrons. The fourth-order valence-electron chi connectivity index (χ4n) is 1.94. The van der Waals surface area contributed by atoms with Crippen LogP contribution >= 0.6 is 0 Å². The number of anilines is 1. The molecule has 2 aromatic heterocycles. The van der Waals surface area contributed by atoms with Crippen LogP contribution in [0.25, 0.3) is 11.0 Å². The molecule has 0 aromatic carbocycles. The molecular formula is C12H22N8. The second-order valence-electron chi connectivity index (χ2n) is 5.18. The monoisotopic (exact) mass is 278 g/mol. The van der Waals surface area contributed by atoms with Crippen molar-refractivity contribution in [2.75, 3.05) is 39.7 Å². The third-order valence-corrected chi connectivity index (χ3v) is 3.12. The number of hydrogen-bond acceptors (Lipinski definition) is 7. The highest BCUT2D eigenvalue weighted by molar-refractivity contribution is 5.86. The topological polar surface area (TPSA) is 88.1 Å². The number of aryl methyl sites for hydroxylation is 1. The highest BCUT2D eigenvalue weighted by atomic mass is 15.3. The summed E-state index contributed by atoms with van der Waals surface area (Å²) >= 11 is 0. The number of nitrogen functional groups attached to an aromatic ring is 1. The van der Waals surface area contributed by atoms with E-state index in [0.29, 0.717) is 12.4 Å². The molecule has 0 atom stereocenters. The predicted molar refractivity (Wildman–Crippen MR) is 79.0 cm³/mol. The lowest BCUT2D eigenvalue weighted by atomic mass is 10.3. The van der Waals surface area contributed by atoms with Gasteiger partial charge in [-0.2, -0.15) is 5.10 Å². The molecule has 0 bridgehead atoms. The van der Waals surface area contributed by atoms with Gasteiger partial charge in [-0.15, -0.1) is 0 Å². The smallest absolute Gasteiger partial charge is 0.163 e. The molecule has 0 spiro atoms. The molecule has 0 unspecified atom stereocenters. The third-order valence-electron chi connectivity index (χ3n) is 3.12. The second kappa shape index (κ2) is 6.12. The van der Waals surface area contributed by atoms with Crippen LogP contribution in [0.1, 0.15) is 5.82 Å². The van der Waals surface area contributed by atoms with E-state index in [2.05, 4.69) is 51.4 Å². The highest BCUT2D eigenvalue weighted by Gasteiger charge is 2.12. The maximum Gasteiger partial charge on any atom is 0.163 e. The number of hydrogen-bond donors (Lipinski definition) is 2. The first kappa shape index (κ1) is 14.6. The molecule has 2 aromatic rings. The number of hydrazine groups is 1. The van der Waals surface area contributed by atoms with Crippen LogP contribution in [-0.4, -0.2) is 63.8 Å². The zero-order valence-electron chi connectivity index (χ0n) is 12.5. The van der Waals surface area contributed by atoms with Gasteiger partial charge in [-0.3, -0.25) is 9.58 Å². The lowest BCUT2D eigenvalue weighted by Gasteiger charge is -2.18. The van der Waals surface area contributed by atoms with Crippen LogP contribution in [0.5, 0.6) is 0 Å². The van der Waals surface area contributed by atoms with Crippen molar-refractivity contribution in [1.29, 1.82) is 0 Å². The van der Waals surface area contributed by atoms with Gasteiger partial charge in [-0.1, -0.05) is 0 Å². The zero-order chi connectivity index (χ0) is 14.7. The first-order valence-corrected chi connectivity index (χ1v) is 6.49. The van der Waals surface area contributed by atoms with E-state index in [1.165, 1.54) is 0 Å². The van der Waals surface area contributed by atoms with Crippen LogP contribution in [-0.2, 0) is 13.6 Å². The largest absolute Gasteiger partial charge is 0.308 e. The number of nitrogens with two attached hydrogens (primary N) is 1. The van der Waals surface area contributed by atoms with Crippen LogP contribution < -0.4 is 11.3 Å². The Hall–Kier alpha value is -1.77. The zero-order valence-corrected chi connectivity index (χ0v) is 12.5. The van der Waals surface area contributed by atoms with Crippen LogP contribution in [0.15, 0.2) is 6.20 Å². The summed E-state index contributed by atoms with van der Waals surface area (Å²) in [7, 11) is 8.02. The Bertz CT molecular complexity index is 576. The van der Waals surface area contributed by atoms with E-state index in [1.807, 2.05) is 7.05 Å². The average molecular weight is 278 g/mol. The maximum absolute atomic E-state index is 5.53. The molecule has 2 rings (SSSR count). The van der Waals surface area contributed by atoms with E-state index in [9.17, 15) is 0 Å². The van der Waals surface area contributed by atoms with Crippen molar-refractivity contribution in [3.05, 3.63) is 12.0 Å². The molecule has 0 saturated heterocycles. The van der Waals surface area contributed by atoms with Crippen molar-refractivity contribution in [2.24, 2.45) is 12.9 Å². The number of nitrogens with one attached hydrogen (secondary N) is 1. The molecule has 0 amide bonds. The average Bonchev–Trinajstić information content (AvgIpc) is 2.77. The molecule has 0 saturated carbocycles. The van der Waals surface area contributed by atoms with Gasteiger partial charge >= 0.3 is 0 Å². The normalized spacial score (nSPS) is 11.8. The minimum atomic E-state index is 0.610. The van der Waals surface area contributed by atoms with Crippen molar-refractivity contribution in [2.45, 2.75) is 6.54 Å². The number of rotatable bonds is 6. The van der Waals surface area contributed by atoms with E-state index in [0.717, 1.165) is 29.9 Å². The molecule has 0 radical (unpaired) electrons. The molecule has 20 heavy (non-hydrogen) atoms. The Morgan fingerprint density at radius 2 is 2.00 bits per heavy atom. The molecule has 0 aliphatic rings. The van der Waals surface area contributed by atoms with Gasteiger partial charge in [-0.05, 0) is 21.1 Å². The molecule has 2 heterocycles. The Morgan fingerprint density at radius 1 is 1.25 bits per heavy atom. The van der Waals surface area contributed by atoms with Crippen LogP contribution in [0.2, 0.25) is 0 Å². The van der Waals surface area contributed by atoms with Crippen LogP contribution in [0.3, 0.4) is 0 Å². The molecule has 8 nitrogen and oxygen atoms in total. The number of fused-ring (bicyclic) bond motifs is 1. The summed E-state index contributed by atoms with van der Waals surface area (Å²) in [6, 6.07) is 0. The summed E-state index contributed by atoms with van der Waals surface area (Å²) in [6.07, 6.45) is 1.71. The third kappa shape index (κ3) is 3.21. The van der Waals surface area contributed by atoms with Gasteiger partial charge in [0.05, 0.1) is 18.1 Å². The van der Waals surface area contributed by atoms with E-state index < -0.39 is 0 Å². The predicted octanol–water partition coefficient (Wildman–Crippen LogP) is -0.358. The van der Waals surface area contributed by atoms with Crippen molar-refractivity contribution >= 4 is 16.9 Å². The molecule has 3 N–H and O–H groups in total. The summed E-state index contributed by atoms with van der Waals surface area (Å²) in [5.41, 5.74) is 3.40. The van der Waals surface area contributed by atoms with Crippen molar-refractivity contribution in [3.63, 3.8) is 0 Å². The van der Waals surface area contributed by atoms with E-state index in [1.54, 1.807) is 10.9 Å². The van der Waals surface area contributed by atoms with Gasteiger partial charge in [0.25, 0.3) is 0 Å². The van der Waals surface area contributed by atoms with Crippen molar-refractivity contribution in [1.82, 2.24) is 29.5 Å². The summed E-state index contributed by atoms with van der Waals surface area (Å²) in [5, 5.41) is 5.01. The van der Waals surface area contributed by atoms with Gasteiger partial charge in [0.2, 0.25) is 0 Å². The number of likely N-dealkylation sites (N-methyl/N-ethyl adjacent to an activating group) is 2. The summed E-state index contributed by atoms with van der Waals surface area (Å²) < 4.78 is 1.72. The molecule has 0 fully saturated rings.